The average molecular weight is 446 g/mol. The number of piperazine rings is 1. The van der Waals surface area contributed by atoms with Gasteiger partial charge in [0.15, 0.2) is 5.13 Å². The summed E-state index contributed by atoms with van der Waals surface area (Å²) >= 11 is 1.44. The Morgan fingerprint density at radius 1 is 1.00 bits per heavy atom. The van der Waals surface area contributed by atoms with Crippen LogP contribution in [-0.2, 0) is 0 Å². The monoisotopic (exact) mass is 445 g/mol. The fourth-order valence-electron chi connectivity index (χ4n) is 3.57. The van der Waals surface area contributed by atoms with Gasteiger partial charge in [-0.05, 0) is 43.4 Å². The van der Waals surface area contributed by atoms with Crippen LogP contribution < -0.4 is 15.5 Å². The third-order valence-electron chi connectivity index (χ3n) is 5.37. The second-order valence-corrected chi connectivity index (χ2v) is 8.71. The van der Waals surface area contributed by atoms with Gasteiger partial charge in [-0.15, -0.1) is 0 Å². The Morgan fingerprint density at radius 3 is 2.62 bits per heavy atom. The fraction of sp³-hybridized carbons (Fsp3) is 0.217. The van der Waals surface area contributed by atoms with Crippen LogP contribution in [0.5, 0.6) is 0 Å². The number of nitrogens with zero attached hydrogens (tertiary/aromatic N) is 5. The van der Waals surface area contributed by atoms with Crippen molar-refractivity contribution in [3.63, 3.8) is 0 Å². The second-order valence-electron chi connectivity index (χ2n) is 7.68. The lowest BCUT2D eigenvalue weighted by Crippen LogP contribution is -2.44. The number of hydrogen-bond acceptors (Lipinski definition) is 8. The van der Waals surface area contributed by atoms with Crippen molar-refractivity contribution in [2.45, 2.75) is 0 Å². The van der Waals surface area contributed by atoms with E-state index in [2.05, 4.69) is 42.4 Å². The van der Waals surface area contributed by atoms with E-state index in [1.54, 1.807) is 18.3 Å². The molecule has 9 heteroatoms. The molecule has 0 radical (unpaired) electrons. The number of fused-ring (bicyclic) bond motifs is 1. The summed E-state index contributed by atoms with van der Waals surface area (Å²) in [6.45, 7) is 3.96. The lowest BCUT2D eigenvalue weighted by atomic mass is 10.2. The van der Waals surface area contributed by atoms with Crippen LogP contribution >= 0.6 is 11.3 Å². The molecule has 0 bridgehead atoms. The van der Waals surface area contributed by atoms with Crippen molar-refractivity contribution >= 4 is 50.0 Å². The van der Waals surface area contributed by atoms with E-state index in [1.165, 1.54) is 11.3 Å². The summed E-state index contributed by atoms with van der Waals surface area (Å²) in [5.74, 6) is 1.31. The highest BCUT2D eigenvalue weighted by Crippen LogP contribution is 2.29. The van der Waals surface area contributed by atoms with Crippen molar-refractivity contribution in [1.29, 1.82) is 0 Å². The van der Waals surface area contributed by atoms with E-state index in [0.29, 0.717) is 16.6 Å². The predicted molar refractivity (Wildman–Crippen MR) is 129 cm³/mol. The van der Waals surface area contributed by atoms with Crippen molar-refractivity contribution in [3.05, 3.63) is 66.4 Å². The number of nitrogens with one attached hydrogen (secondary N) is 2. The first-order valence-electron chi connectivity index (χ1n) is 10.4. The third kappa shape index (κ3) is 4.53. The van der Waals surface area contributed by atoms with Crippen molar-refractivity contribution in [2.24, 2.45) is 0 Å². The summed E-state index contributed by atoms with van der Waals surface area (Å²) in [5.41, 5.74) is 2.25. The molecule has 0 unspecified atom stereocenters. The molecule has 2 aromatic carbocycles. The maximum Gasteiger partial charge on any atom is 0.257 e. The van der Waals surface area contributed by atoms with Gasteiger partial charge in [0.05, 0.1) is 10.2 Å². The predicted octanol–water partition coefficient (Wildman–Crippen LogP) is 3.83. The number of likely N-dealkylation sites (N-methyl/N-ethyl adjacent to an activating group) is 1. The Bertz CT molecular complexity index is 1240. The molecule has 2 N–H and O–H groups in total. The molecule has 1 aliphatic heterocycles. The Morgan fingerprint density at radius 2 is 1.81 bits per heavy atom. The van der Waals surface area contributed by atoms with Gasteiger partial charge in [-0.25, -0.2) is 9.97 Å². The number of carbonyl (C=O) groups excluding carboxylic acids is 1. The summed E-state index contributed by atoms with van der Waals surface area (Å²) in [6, 6.07) is 17.0. The Balaban J connectivity index is 1.30. The normalized spacial score (nSPS) is 14.5. The van der Waals surface area contributed by atoms with Gasteiger partial charge in [-0.1, -0.05) is 29.5 Å². The highest BCUT2D eigenvalue weighted by molar-refractivity contribution is 7.22. The van der Waals surface area contributed by atoms with Gasteiger partial charge >= 0.3 is 0 Å². The molecule has 5 rings (SSSR count). The van der Waals surface area contributed by atoms with E-state index in [9.17, 15) is 4.79 Å². The number of hydrogen-bond donors (Lipinski definition) is 2. The number of rotatable bonds is 5. The lowest BCUT2D eigenvalue weighted by molar-refractivity contribution is 0.102. The molecule has 0 saturated carbocycles. The standard InChI is InChI=1S/C23H23N7OS/c1-29-11-13-30(14-12-29)20-9-10-24-22(27-20)25-17-7-8-19-18(15-17)26-23(32-19)28-21(31)16-5-3-2-4-6-16/h2-10,15H,11-14H2,1H3,(H,24,25,27)(H,26,28,31). The second kappa shape index (κ2) is 8.89. The van der Waals surface area contributed by atoms with Gasteiger partial charge in [0, 0.05) is 43.6 Å². The van der Waals surface area contributed by atoms with Gasteiger partial charge in [-0.2, -0.15) is 4.98 Å². The molecule has 1 amide bonds. The quantitative estimate of drug-likeness (QED) is 0.483. The minimum absolute atomic E-state index is 0.169. The minimum Gasteiger partial charge on any atom is -0.354 e. The molecule has 0 spiro atoms. The van der Waals surface area contributed by atoms with Gasteiger partial charge in [0.1, 0.15) is 5.82 Å². The molecule has 8 nitrogen and oxygen atoms in total. The Hall–Kier alpha value is -3.56. The van der Waals surface area contributed by atoms with Crippen molar-refractivity contribution in [3.8, 4) is 0 Å². The first-order chi connectivity index (χ1) is 15.6. The number of benzene rings is 2. The molecule has 0 atom stereocenters. The van der Waals surface area contributed by atoms with Crippen LogP contribution in [0.25, 0.3) is 10.2 Å². The van der Waals surface area contributed by atoms with Crippen LogP contribution in [0.15, 0.2) is 60.8 Å². The summed E-state index contributed by atoms with van der Waals surface area (Å²) in [6.07, 6.45) is 1.78. The number of anilines is 4. The average Bonchev–Trinajstić information content (AvgIpc) is 3.22. The molecule has 162 valence electrons. The number of amides is 1. The number of thiazole rings is 1. The SMILES string of the molecule is CN1CCN(c2ccnc(Nc3ccc4sc(NC(=O)c5ccccc5)nc4c3)n2)CC1. The van der Waals surface area contributed by atoms with Gasteiger partial charge in [0.2, 0.25) is 5.95 Å². The molecular weight excluding hydrogens is 422 g/mol. The molecular formula is C23H23N7OS. The summed E-state index contributed by atoms with van der Waals surface area (Å²) in [7, 11) is 2.14. The van der Waals surface area contributed by atoms with Crippen LogP contribution in [0.1, 0.15) is 10.4 Å². The maximum atomic E-state index is 12.4. The van der Waals surface area contributed by atoms with Crippen LogP contribution in [0.3, 0.4) is 0 Å². The highest BCUT2D eigenvalue weighted by Gasteiger charge is 2.16. The smallest absolute Gasteiger partial charge is 0.257 e. The van der Waals surface area contributed by atoms with E-state index in [4.69, 9.17) is 0 Å². The topological polar surface area (TPSA) is 86.3 Å². The molecule has 3 heterocycles. The first-order valence-corrected chi connectivity index (χ1v) is 11.3. The number of aromatic nitrogens is 3. The molecule has 32 heavy (non-hydrogen) atoms. The largest absolute Gasteiger partial charge is 0.354 e. The Kier molecular flexibility index (Phi) is 5.66. The van der Waals surface area contributed by atoms with Crippen LogP contribution in [0, 0.1) is 0 Å². The molecule has 2 aromatic heterocycles. The molecule has 1 saturated heterocycles. The highest BCUT2D eigenvalue weighted by atomic mass is 32.1. The third-order valence-corrected chi connectivity index (χ3v) is 6.32. The van der Waals surface area contributed by atoms with Crippen LogP contribution in [-0.4, -0.2) is 59.0 Å². The summed E-state index contributed by atoms with van der Waals surface area (Å²) in [4.78, 5) is 30.6. The lowest BCUT2D eigenvalue weighted by Gasteiger charge is -2.33. The fourth-order valence-corrected chi connectivity index (χ4v) is 4.41. The van der Waals surface area contributed by atoms with Crippen molar-refractivity contribution in [1.82, 2.24) is 19.9 Å². The zero-order valence-corrected chi connectivity index (χ0v) is 18.5. The van der Waals surface area contributed by atoms with Gasteiger partial charge in [-0.3, -0.25) is 10.1 Å². The van der Waals surface area contributed by atoms with Crippen molar-refractivity contribution < 1.29 is 4.79 Å². The van der Waals surface area contributed by atoms with Gasteiger partial charge < -0.3 is 15.1 Å². The van der Waals surface area contributed by atoms with E-state index in [-0.39, 0.29) is 5.91 Å². The zero-order valence-electron chi connectivity index (χ0n) is 17.7. The van der Waals surface area contributed by atoms with Gasteiger partial charge in [0.25, 0.3) is 5.91 Å². The molecule has 1 aliphatic rings. The van der Waals surface area contributed by atoms with E-state index in [1.807, 2.05) is 42.5 Å². The summed E-state index contributed by atoms with van der Waals surface area (Å²) < 4.78 is 0.992. The number of carbonyl (C=O) groups is 1. The van der Waals surface area contributed by atoms with E-state index >= 15 is 0 Å². The molecule has 1 fully saturated rings. The summed E-state index contributed by atoms with van der Waals surface area (Å²) in [5, 5.41) is 6.73. The first kappa shape index (κ1) is 20.3. The van der Waals surface area contributed by atoms with Crippen LogP contribution in [0.4, 0.5) is 22.6 Å². The van der Waals surface area contributed by atoms with E-state index in [0.717, 1.165) is 47.9 Å². The molecule has 0 aliphatic carbocycles. The Labute approximate surface area is 189 Å². The maximum absolute atomic E-state index is 12.4. The minimum atomic E-state index is -0.169. The van der Waals surface area contributed by atoms with E-state index < -0.39 is 0 Å². The van der Waals surface area contributed by atoms with Crippen LogP contribution in [0.2, 0.25) is 0 Å². The van der Waals surface area contributed by atoms with Crippen molar-refractivity contribution in [2.75, 3.05) is 48.8 Å². The zero-order chi connectivity index (χ0) is 21.9. The molecule has 4 aromatic rings.